The van der Waals surface area contributed by atoms with Crippen LogP contribution in [0.2, 0.25) is 0 Å². The SMILES string of the molecule is Cc1cccc(Nc2nc3cc(F)ccc3s2)c1Br. The summed E-state index contributed by atoms with van der Waals surface area (Å²) in [5, 5.41) is 4.02. The van der Waals surface area contributed by atoms with Gasteiger partial charge in [-0.1, -0.05) is 23.5 Å². The van der Waals surface area contributed by atoms with Gasteiger partial charge in [0.25, 0.3) is 0 Å². The number of nitrogens with zero attached hydrogens (tertiary/aromatic N) is 1. The second kappa shape index (κ2) is 4.90. The lowest BCUT2D eigenvalue weighted by molar-refractivity contribution is 0.629. The molecule has 2 aromatic carbocycles. The summed E-state index contributed by atoms with van der Waals surface area (Å²) in [4.78, 5) is 4.39. The van der Waals surface area contributed by atoms with Gasteiger partial charge in [0, 0.05) is 10.5 Å². The van der Waals surface area contributed by atoms with Gasteiger partial charge in [-0.3, -0.25) is 0 Å². The molecule has 0 bridgehead atoms. The number of aryl methyl sites for hydroxylation is 1. The van der Waals surface area contributed by atoms with Gasteiger partial charge in [0.05, 0.1) is 15.9 Å². The van der Waals surface area contributed by atoms with Crippen molar-refractivity contribution in [2.75, 3.05) is 5.32 Å². The van der Waals surface area contributed by atoms with Crippen LogP contribution < -0.4 is 5.32 Å². The molecular formula is C14H10BrFN2S. The summed E-state index contributed by atoms with van der Waals surface area (Å²) in [6.07, 6.45) is 0. The summed E-state index contributed by atoms with van der Waals surface area (Å²) < 4.78 is 15.1. The highest BCUT2D eigenvalue weighted by atomic mass is 79.9. The van der Waals surface area contributed by atoms with E-state index in [9.17, 15) is 4.39 Å². The van der Waals surface area contributed by atoms with Crippen LogP contribution in [0.15, 0.2) is 40.9 Å². The third-order valence-corrected chi connectivity index (χ3v) is 4.79. The van der Waals surface area contributed by atoms with E-state index in [1.54, 1.807) is 6.07 Å². The molecule has 0 spiro atoms. The number of thiazole rings is 1. The van der Waals surface area contributed by atoms with Crippen LogP contribution in [0.5, 0.6) is 0 Å². The number of halogens is 2. The van der Waals surface area contributed by atoms with Gasteiger partial charge in [-0.05, 0) is 46.6 Å². The summed E-state index contributed by atoms with van der Waals surface area (Å²) in [5.74, 6) is -0.263. The molecule has 0 aliphatic carbocycles. The molecule has 0 fully saturated rings. The van der Waals surface area contributed by atoms with Gasteiger partial charge < -0.3 is 5.32 Å². The monoisotopic (exact) mass is 336 g/mol. The third-order valence-electron chi connectivity index (χ3n) is 2.78. The Hall–Kier alpha value is -1.46. The molecule has 1 N–H and O–H groups in total. The maximum Gasteiger partial charge on any atom is 0.188 e. The van der Waals surface area contributed by atoms with Crippen LogP contribution in [0.4, 0.5) is 15.2 Å². The van der Waals surface area contributed by atoms with E-state index in [1.807, 2.05) is 25.1 Å². The number of hydrogen-bond acceptors (Lipinski definition) is 3. The molecule has 0 amide bonds. The van der Waals surface area contributed by atoms with E-state index in [2.05, 4.69) is 26.2 Å². The highest BCUT2D eigenvalue weighted by Crippen LogP contribution is 2.32. The Morgan fingerprint density at radius 2 is 2.11 bits per heavy atom. The molecule has 0 saturated carbocycles. The summed E-state index contributed by atoms with van der Waals surface area (Å²) in [7, 11) is 0. The van der Waals surface area contributed by atoms with Crippen molar-refractivity contribution in [1.82, 2.24) is 4.98 Å². The van der Waals surface area contributed by atoms with Gasteiger partial charge in [-0.25, -0.2) is 9.37 Å². The lowest BCUT2D eigenvalue weighted by atomic mass is 10.2. The van der Waals surface area contributed by atoms with Crippen molar-refractivity contribution >= 4 is 48.3 Å². The molecule has 19 heavy (non-hydrogen) atoms. The van der Waals surface area contributed by atoms with E-state index >= 15 is 0 Å². The van der Waals surface area contributed by atoms with Crippen LogP contribution >= 0.6 is 27.3 Å². The van der Waals surface area contributed by atoms with Crippen molar-refractivity contribution in [3.8, 4) is 0 Å². The van der Waals surface area contributed by atoms with Gasteiger partial charge in [-0.2, -0.15) is 0 Å². The van der Waals surface area contributed by atoms with Crippen molar-refractivity contribution in [3.63, 3.8) is 0 Å². The fourth-order valence-corrected chi connectivity index (χ4v) is 3.04. The first kappa shape index (κ1) is 12.6. The maximum atomic E-state index is 13.1. The minimum Gasteiger partial charge on any atom is -0.331 e. The predicted octanol–water partition coefficient (Wildman–Crippen LogP) is 5.25. The summed E-state index contributed by atoms with van der Waals surface area (Å²) in [6.45, 7) is 2.03. The fraction of sp³-hybridized carbons (Fsp3) is 0.0714. The number of anilines is 2. The maximum absolute atomic E-state index is 13.1. The van der Waals surface area contributed by atoms with E-state index < -0.39 is 0 Å². The highest BCUT2D eigenvalue weighted by Gasteiger charge is 2.07. The van der Waals surface area contributed by atoms with Gasteiger partial charge in [0.15, 0.2) is 5.13 Å². The summed E-state index contributed by atoms with van der Waals surface area (Å²) in [6, 6.07) is 10.6. The number of rotatable bonds is 2. The Kier molecular flexibility index (Phi) is 3.24. The Labute approximate surface area is 122 Å². The number of fused-ring (bicyclic) bond motifs is 1. The lowest BCUT2D eigenvalue weighted by Gasteiger charge is -2.07. The van der Waals surface area contributed by atoms with Crippen LogP contribution in [-0.4, -0.2) is 4.98 Å². The molecule has 5 heteroatoms. The largest absolute Gasteiger partial charge is 0.331 e. The van der Waals surface area contributed by atoms with Crippen LogP contribution in [-0.2, 0) is 0 Å². The van der Waals surface area contributed by atoms with Crippen LogP contribution in [0.1, 0.15) is 5.56 Å². The minimum atomic E-state index is -0.263. The number of hydrogen-bond donors (Lipinski definition) is 1. The van der Waals surface area contributed by atoms with Gasteiger partial charge in [0.1, 0.15) is 5.82 Å². The van der Waals surface area contributed by atoms with Crippen molar-refractivity contribution in [3.05, 3.63) is 52.3 Å². The minimum absolute atomic E-state index is 0.263. The second-order valence-electron chi connectivity index (χ2n) is 4.19. The van der Waals surface area contributed by atoms with Crippen molar-refractivity contribution in [2.45, 2.75) is 6.92 Å². The quantitative estimate of drug-likeness (QED) is 0.691. The second-order valence-corrected chi connectivity index (χ2v) is 6.02. The zero-order chi connectivity index (χ0) is 13.4. The van der Waals surface area contributed by atoms with Crippen molar-refractivity contribution in [1.29, 1.82) is 0 Å². The number of nitrogens with one attached hydrogen (secondary N) is 1. The van der Waals surface area contributed by atoms with Crippen molar-refractivity contribution in [2.24, 2.45) is 0 Å². The first-order valence-corrected chi connectivity index (χ1v) is 7.32. The zero-order valence-electron chi connectivity index (χ0n) is 10.1. The zero-order valence-corrected chi connectivity index (χ0v) is 12.5. The molecule has 0 atom stereocenters. The Morgan fingerprint density at radius 3 is 2.95 bits per heavy atom. The van der Waals surface area contributed by atoms with Gasteiger partial charge >= 0.3 is 0 Å². The molecule has 96 valence electrons. The Balaban J connectivity index is 1.99. The molecule has 0 aliphatic heterocycles. The molecule has 3 rings (SSSR count). The normalized spacial score (nSPS) is 10.9. The molecule has 3 aromatic rings. The molecule has 1 heterocycles. The highest BCUT2D eigenvalue weighted by molar-refractivity contribution is 9.10. The number of aromatic nitrogens is 1. The molecule has 1 aromatic heterocycles. The molecule has 0 aliphatic rings. The van der Waals surface area contributed by atoms with E-state index in [0.29, 0.717) is 5.52 Å². The average molecular weight is 337 g/mol. The standard InChI is InChI=1S/C14H10BrFN2S/c1-8-3-2-4-10(13(8)15)17-14-18-11-7-9(16)5-6-12(11)19-14/h2-7H,1H3,(H,17,18). The first-order chi connectivity index (χ1) is 9.13. The molecule has 0 radical (unpaired) electrons. The van der Waals surface area contributed by atoms with Crippen LogP contribution in [0.25, 0.3) is 10.2 Å². The lowest BCUT2D eigenvalue weighted by Crippen LogP contribution is -1.91. The fourth-order valence-electron chi connectivity index (χ4n) is 1.81. The van der Waals surface area contributed by atoms with Crippen molar-refractivity contribution < 1.29 is 4.39 Å². The van der Waals surface area contributed by atoms with Crippen LogP contribution in [0.3, 0.4) is 0 Å². The van der Waals surface area contributed by atoms with Gasteiger partial charge in [0.2, 0.25) is 0 Å². The molecule has 2 nitrogen and oxygen atoms in total. The summed E-state index contributed by atoms with van der Waals surface area (Å²) >= 11 is 5.05. The molecule has 0 unspecified atom stereocenters. The Bertz CT molecular complexity index is 754. The van der Waals surface area contributed by atoms with Crippen LogP contribution in [0, 0.1) is 12.7 Å². The third kappa shape index (κ3) is 2.48. The molecule has 0 saturated heterocycles. The first-order valence-electron chi connectivity index (χ1n) is 5.72. The Morgan fingerprint density at radius 1 is 1.26 bits per heavy atom. The summed E-state index contributed by atoms with van der Waals surface area (Å²) in [5.41, 5.74) is 2.79. The van der Waals surface area contributed by atoms with E-state index in [1.165, 1.54) is 23.5 Å². The van der Waals surface area contributed by atoms with E-state index in [-0.39, 0.29) is 5.82 Å². The smallest absolute Gasteiger partial charge is 0.188 e. The topological polar surface area (TPSA) is 24.9 Å². The predicted molar refractivity (Wildman–Crippen MR) is 81.7 cm³/mol. The van der Waals surface area contributed by atoms with Gasteiger partial charge in [-0.15, -0.1) is 0 Å². The average Bonchev–Trinajstić information content (AvgIpc) is 2.76. The van der Waals surface area contributed by atoms with E-state index in [4.69, 9.17) is 0 Å². The van der Waals surface area contributed by atoms with E-state index in [0.717, 1.165) is 25.6 Å². The number of benzene rings is 2. The molecular weight excluding hydrogens is 327 g/mol.